The predicted octanol–water partition coefficient (Wildman–Crippen LogP) is 6.13. The topological polar surface area (TPSA) is 58.0 Å². The second-order valence-corrected chi connectivity index (χ2v) is 8.45. The summed E-state index contributed by atoms with van der Waals surface area (Å²) in [6.45, 7) is 5.77. The summed E-state index contributed by atoms with van der Waals surface area (Å²) in [4.78, 5) is 10.5. The van der Waals surface area contributed by atoms with E-state index in [1.807, 2.05) is 13.8 Å². The minimum Gasteiger partial charge on any atom is -0.369 e. The molecule has 5 aromatic rings. The highest BCUT2D eigenvalue weighted by molar-refractivity contribution is 5.94. The van der Waals surface area contributed by atoms with Gasteiger partial charge in [-0.05, 0) is 55.5 Å². The van der Waals surface area contributed by atoms with Crippen molar-refractivity contribution < 1.29 is 4.52 Å². The molecule has 5 rings (SSSR count). The molecular formula is C28H28N4O. The van der Waals surface area contributed by atoms with E-state index in [4.69, 9.17) is 4.52 Å². The molecule has 0 spiro atoms. The summed E-state index contributed by atoms with van der Waals surface area (Å²) < 4.78 is 5.46. The summed E-state index contributed by atoms with van der Waals surface area (Å²) in [5.41, 5.74) is 8.87. The van der Waals surface area contributed by atoms with Crippen molar-refractivity contribution in [1.82, 2.24) is 15.1 Å². The number of aryl methyl sites for hydroxylation is 2. The molecule has 0 radical (unpaired) electrons. The normalized spacial score (nSPS) is 11.2. The van der Waals surface area contributed by atoms with Crippen molar-refractivity contribution in [3.8, 4) is 11.1 Å². The lowest BCUT2D eigenvalue weighted by atomic mass is 10.0. The molecule has 1 N–H and O–H groups in total. The van der Waals surface area contributed by atoms with Gasteiger partial charge in [0.2, 0.25) is 0 Å². The largest absolute Gasteiger partial charge is 0.369 e. The zero-order valence-electron chi connectivity index (χ0n) is 19.1. The van der Waals surface area contributed by atoms with E-state index >= 15 is 0 Å². The fourth-order valence-electron chi connectivity index (χ4n) is 4.48. The van der Waals surface area contributed by atoms with Gasteiger partial charge in [0.1, 0.15) is 11.3 Å². The van der Waals surface area contributed by atoms with E-state index in [2.05, 4.69) is 92.8 Å². The SMILES string of the molecule is Cc1noc(C)c1-c1cc(N(CCc2ccccc2)CCc2ccccc2)c2nc[nH]c2c1. The van der Waals surface area contributed by atoms with Crippen LogP contribution in [0.2, 0.25) is 0 Å². The van der Waals surface area contributed by atoms with Crippen LogP contribution in [0.1, 0.15) is 22.6 Å². The lowest BCUT2D eigenvalue weighted by Gasteiger charge is -2.26. The number of benzene rings is 3. The maximum absolute atomic E-state index is 5.46. The van der Waals surface area contributed by atoms with Crippen LogP contribution in [0.4, 0.5) is 5.69 Å². The van der Waals surface area contributed by atoms with Gasteiger partial charge in [0.15, 0.2) is 0 Å². The Balaban J connectivity index is 1.53. The molecule has 0 atom stereocenters. The number of imidazole rings is 1. The van der Waals surface area contributed by atoms with E-state index in [0.717, 1.165) is 65.2 Å². The molecule has 0 aliphatic rings. The molecule has 3 aromatic carbocycles. The average Bonchev–Trinajstić information content (AvgIpc) is 3.46. The summed E-state index contributed by atoms with van der Waals surface area (Å²) in [6.07, 6.45) is 3.71. The third kappa shape index (κ3) is 4.53. The number of fused-ring (bicyclic) bond motifs is 1. The van der Waals surface area contributed by atoms with Crippen LogP contribution in [0.5, 0.6) is 0 Å². The number of hydrogen-bond donors (Lipinski definition) is 1. The van der Waals surface area contributed by atoms with Gasteiger partial charge in [-0.3, -0.25) is 0 Å². The molecule has 0 bridgehead atoms. The fraction of sp³-hybridized carbons (Fsp3) is 0.214. The molecule has 0 aliphatic carbocycles. The van der Waals surface area contributed by atoms with Crippen molar-refractivity contribution in [2.45, 2.75) is 26.7 Å². The Morgan fingerprint density at radius 1 is 0.848 bits per heavy atom. The monoisotopic (exact) mass is 436 g/mol. The number of hydrogen-bond acceptors (Lipinski definition) is 4. The molecule has 0 amide bonds. The summed E-state index contributed by atoms with van der Waals surface area (Å²) >= 11 is 0. The number of H-pyrrole nitrogens is 1. The lowest BCUT2D eigenvalue weighted by Crippen LogP contribution is -2.28. The molecule has 5 heteroatoms. The van der Waals surface area contributed by atoms with Gasteiger partial charge < -0.3 is 14.4 Å². The van der Waals surface area contributed by atoms with Crippen LogP contribution in [0.15, 0.2) is 83.6 Å². The van der Waals surface area contributed by atoms with Crippen LogP contribution in [-0.4, -0.2) is 28.2 Å². The van der Waals surface area contributed by atoms with Crippen LogP contribution < -0.4 is 4.90 Å². The maximum atomic E-state index is 5.46. The van der Waals surface area contributed by atoms with Gasteiger partial charge in [-0.15, -0.1) is 0 Å². The summed E-state index contributed by atoms with van der Waals surface area (Å²) in [7, 11) is 0. The molecule has 0 fully saturated rings. The lowest BCUT2D eigenvalue weighted by molar-refractivity contribution is 0.393. The molecule has 0 saturated heterocycles. The summed E-state index contributed by atoms with van der Waals surface area (Å²) in [5, 5.41) is 4.17. The molecule has 0 saturated carbocycles. The highest BCUT2D eigenvalue weighted by Gasteiger charge is 2.18. The number of anilines is 1. The van der Waals surface area contributed by atoms with Gasteiger partial charge in [0, 0.05) is 18.7 Å². The maximum Gasteiger partial charge on any atom is 0.141 e. The predicted molar refractivity (Wildman–Crippen MR) is 134 cm³/mol. The quantitative estimate of drug-likeness (QED) is 0.318. The van der Waals surface area contributed by atoms with Crippen molar-refractivity contribution in [3.05, 3.63) is 102 Å². The molecule has 0 aliphatic heterocycles. The Hall–Kier alpha value is -3.86. The number of aromatic amines is 1. The van der Waals surface area contributed by atoms with Crippen molar-refractivity contribution >= 4 is 16.7 Å². The van der Waals surface area contributed by atoms with Crippen LogP contribution in [-0.2, 0) is 12.8 Å². The Kier molecular flexibility index (Phi) is 5.94. The van der Waals surface area contributed by atoms with E-state index in [0.29, 0.717) is 0 Å². The van der Waals surface area contributed by atoms with E-state index in [1.165, 1.54) is 11.1 Å². The first-order valence-electron chi connectivity index (χ1n) is 11.4. The van der Waals surface area contributed by atoms with Gasteiger partial charge in [0.25, 0.3) is 0 Å². The average molecular weight is 437 g/mol. The number of aromatic nitrogens is 3. The van der Waals surface area contributed by atoms with E-state index < -0.39 is 0 Å². The van der Waals surface area contributed by atoms with Gasteiger partial charge in [-0.25, -0.2) is 4.98 Å². The van der Waals surface area contributed by atoms with Gasteiger partial charge in [-0.2, -0.15) is 0 Å². The van der Waals surface area contributed by atoms with Crippen molar-refractivity contribution in [1.29, 1.82) is 0 Å². The zero-order chi connectivity index (χ0) is 22.6. The van der Waals surface area contributed by atoms with E-state index in [-0.39, 0.29) is 0 Å². The van der Waals surface area contributed by atoms with Crippen LogP contribution in [0, 0.1) is 13.8 Å². The van der Waals surface area contributed by atoms with Gasteiger partial charge in [0.05, 0.1) is 23.2 Å². The minimum absolute atomic E-state index is 0.831. The molecule has 33 heavy (non-hydrogen) atoms. The second kappa shape index (κ2) is 9.33. The summed E-state index contributed by atoms with van der Waals surface area (Å²) in [6, 6.07) is 25.7. The highest BCUT2D eigenvalue weighted by atomic mass is 16.5. The fourth-order valence-corrected chi connectivity index (χ4v) is 4.48. The molecule has 2 aromatic heterocycles. The molecule has 0 unspecified atom stereocenters. The Morgan fingerprint density at radius 2 is 1.48 bits per heavy atom. The first kappa shape index (κ1) is 21.0. The summed E-state index contributed by atoms with van der Waals surface area (Å²) in [5.74, 6) is 0.831. The second-order valence-electron chi connectivity index (χ2n) is 8.45. The van der Waals surface area contributed by atoms with Gasteiger partial charge in [-0.1, -0.05) is 65.8 Å². The van der Waals surface area contributed by atoms with Crippen LogP contribution in [0.25, 0.3) is 22.2 Å². The van der Waals surface area contributed by atoms with E-state index in [9.17, 15) is 0 Å². The van der Waals surface area contributed by atoms with Crippen molar-refractivity contribution in [2.24, 2.45) is 0 Å². The van der Waals surface area contributed by atoms with Crippen molar-refractivity contribution in [3.63, 3.8) is 0 Å². The third-order valence-corrected chi connectivity index (χ3v) is 6.19. The molecule has 5 nitrogen and oxygen atoms in total. The van der Waals surface area contributed by atoms with Gasteiger partial charge >= 0.3 is 0 Å². The number of nitrogens with one attached hydrogen (secondary N) is 1. The highest BCUT2D eigenvalue weighted by Crippen LogP contribution is 2.35. The van der Waals surface area contributed by atoms with Crippen molar-refractivity contribution in [2.75, 3.05) is 18.0 Å². The minimum atomic E-state index is 0.831. The first-order chi connectivity index (χ1) is 16.2. The zero-order valence-corrected chi connectivity index (χ0v) is 19.1. The van der Waals surface area contributed by atoms with Crippen LogP contribution in [0.3, 0.4) is 0 Å². The molecule has 166 valence electrons. The Bertz CT molecular complexity index is 1280. The Labute approximate surface area is 194 Å². The number of rotatable bonds is 8. The first-order valence-corrected chi connectivity index (χ1v) is 11.4. The van der Waals surface area contributed by atoms with Crippen LogP contribution >= 0.6 is 0 Å². The van der Waals surface area contributed by atoms with E-state index in [1.54, 1.807) is 6.33 Å². The smallest absolute Gasteiger partial charge is 0.141 e. The number of nitrogens with zero attached hydrogens (tertiary/aromatic N) is 3. The third-order valence-electron chi connectivity index (χ3n) is 6.19. The molecular weight excluding hydrogens is 408 g/mol. The standard InChI is InChI=1S/C28H28N4O/c1-20-27(21(2)33-31-20)24-17-25-28(30-19-29-25)26(18-24)32(15-13-22-9-5-3-6-10-22)16-14-23-11-7-4-8-12-23/h3-12,17-19H,13-16H2,1-2H3,(H,29,30). The Morgan fingerprint density at radius 3 is 2.06 bits per heavy atom. The molecule has 2 heterocycles.